The lowest BCUT2D eigenvalue weighted by atomic mass is 10.1. The van der Waals surface area contributed by atoms with Crippen LogP contribution in [0.3, 0.4) is 0 Å². The summed E-state index contributed by atoms with van der Waals surface area (Å²) in [6, 6.07) is 5.36. The van der Waals surface area contributed by atoms with E-state index in [2.05, 4.69) is 21.5 Å². The van der Waals surface area contributed by atoms with Gasteiger partial charge in [-0.2, -0.15) is 0 Å². The Morgan fingerprint density at radius 2 is 1.85 bits per heavy atom. The minimum absolute atomic E-state index is 0.0140. The summed E-state index contributed by atoms with van der Waals surface area (Å²) in [5, 5.41) is 1.28. The molecule has 3 aromatic rings. The summed E-state index contributed by atoms with van der Waals surface area (Å²) in [6.07, 6.45) is 3.22. The van der Waals surface area contributed by atoms with Crippen LogP contribution in [0.2, 0.25) is 10.0 Å². The molecular weight excluding hydrogens is 387 g/mol. The van der Waals surface area contributed by atoms with Crippen molar-refractivity contribution in [2.24, 2.45) is 0 Å². The SMILES string of the molecule is C=c1[nH]c(=O)c(=Cc2ncn(Cc3c(Cl)cccc3Cl)c2C(C)C)[nH]c1=O. The maximum absolute atomic E-state index is 12.1. The lowest BCUT2D eigenvalue weighted by Gasteiger charge is -2.14. The number of halogens is 2. The van der Waals surface area contributed by atoms with Gasteiger partial charge in [0.15, 0.2) is 0 Å². The van der Waals surface area contributed by atoms with Crippen LogP contribution in [0.25, 0.3) is 12.7 Å². The van der Waals surface area contributed by atoms with Crippen molar-refractivity contribution in [2.45, 2.75) is 26.3 Å². The molecule has 8 heteroatoms. The molecule has 0 radical (unpaired) electrons. The summed E-state index contributed by atoms with van der Waals surface area (Å²) < 4.78 is 1.94. The van der Waals surface area contributed by atoms with E-state index < -0.39 is 11.1 Å². The number of nitrogens with zero attached hydrogens (tertiary/aromatic N) is 2. The average molecular weight is 405 g/mol. The first-order chi connectivity index (χ1) is 12.8. The number of aromatic nitrogens is 4. The molecule has 0 aliphatic carbocycles. The Balaban J connectivity index is 2.14. The van der Waals surface area contributed by atoms with Gasteiger partial charge in [-0.3, -0.25) is 9.59 Å². The van der Waals surface area contributed by atoms with E-state index in [4.69, 9.17) is 23.2 Å². The fourth-order valence-corrected chi connectivity index (χ4v) is 3.40. The van der Waals surface area contributed by atoms with Gasteiger partial charge in [0.1, 0.15) is 5.35 Å². The zero-order chi connectivity index (χ0) is 19.7. The highest BCUT2D eigenvalue weighted by molar-refractivity contribution is 6.35. The van der Waals surface area contributed by atoms with E-state index in [1.165, 1.54) is 0 Å². The third-order valence-corrected chi connectivity index (χ3v) is 4.87. The Morgan fingerprint density at radius 1 is 1.19 bits per heavy atom. The van der Waals surface area contributed by atoms with Crippen LogP contribution < -0.4 is 21.8 Å². The summed E-state index contributed by atoms with van der Waals surface area (Å²) in [5.74, 6) is 0.109. The van der Waals surface area contributed by atoms with Gasteiger partial charge in [0.05, 0.1) is 23.9 Å². The van der Waals surface area contributed by atoms with Crippen LogP contribution in [0, 0.1) is 0 Å². The Morgan fingerprint density at radius 3 is 2.48 bits per heavy atom. The van der Waals surface area contributed by atoms with Gasteiger partial charge in [0.25, 0.3) is 11.1 Å². The maximum atomic E-state index is 12.1. The molecule has 0 amide bonds. The second-order valence-electron chi connectivity index (χ2n) is 6.44. The molecule has 2 N–H and O–H groups in total. The predicted molar refractivity (Wildman–Crippen MR) is 108 cm³/mol. The van der Waals surface area contributed by atoms with Crippen LogP contribution in [-0.4, -0.2) is 19.5 Å². The van der Waals surface area contributed by atoms with Crippen LogP contribution >= 0.6 is 23.2 Å². The van der Waals surface area contributed by atoms with Crippen LogP contribution in [0.4, 0.5) is 0 Å². The number of benzene rings is 1. The van der Waals surface area contributed by atoms with E-state index in [0.29, 0.717) is 22.3 Å². The van der Waals surface area contributed by atoms with Crippen molar-refractivity contribution in [3.63, 3.8) is 0 Å². The molecule has 2 heterocycles. The van der Waals surface area contributed by atoms with Gasteiger partial charge in [-0.1, -0.05) is 49.7 Å². The maximum Gasteiger partial charge on any atom is 0.272 e. The van der Waals surface area contributed by atoms with Crippen LogP contribution in [0.15, 0.2) is 34.1 Å². The standard InChI is InChI=1S/C19H18Cl2N4O2/c1-10(2)17-15(7-16-19(27)23-11(3)18(26)24-16)22-9-25(17)8-12-13(20)5-4-6-14(12)21/h4-7,9-10H,3,8H2,1-2H3,(H,23,27)(H,24,26). The molecule has 140 valence electrons. The molecule has 1 aromatic carbocycles. The number of hydrogen-bond acceptors (Lipinski definition) is 3. The summed E-state index contributed by atoms with van der Waals surface area (Å²) in [4.78, 5) is 33.2. The highest BCUT2D eigenvalue weighted by Gasteiger charge is 2.15. The lowest BCUT2D eigenvalue weighted by Crippen LogP contribution is -2.46. The first-order valence-corrected chi connectivity index (χ1v) is 9.04. The van der Waals surface area contributed by atoms with E-state index in [0.717, 1.165) is 11.3 Å². The molecule has 0 spiro atoms. The van der Waals surface area contributed by atoms with Crippen molar-refractivity contribution in [1.82, 2.24) is 19.5 Å². The van der Waals surface area contributed by atoms with E-state index >= 15 is 0 Å². The second-order valence-corrected chi connectivity index (χ2v) is 7.26. The van der Waals surface area contributed by atoms with Gasteiger partial charge in [0, 0.05) is 21.3 Å². The molecular formula is C19H18Cl2N4O2. The van der Waals surface area contributed by atoms with Gasteiger partial charge < -0.3 is 14.5 Å². The van der Waals surface area contributed by atoms with Gasteiger partial charge in [-0.05, 0) is 24.1 Å². The highest BCUT2D eigenvalue weighted by atomic mass is 35.5. The van der Waals surface area contributed by atoms with E-state index in [-0.39, 0.29) is 16.6 Å². The van der Waals surface area contributed by atoms with Crippen LogP contribution in [-0.2, 0) is 6.54 Å². The lowest BCUT2D eigenvalue weighted by molar-refractivity contribution is 0.690. The van der Waals surface area contributed by atoms with Gasteiger partial charge >= 0.3 is 0 Å². The zero-order valence-electron chi connectivity index (χ0n) is 14.8. The molecule has 3 rings (SSSR count). The number of nitrogens with one attached hydrogen (secondary N) is 2. The Kier molecular flexibility index (Phi) is 5.39. The molecule has 0 fully saturated rings. The van der Waals surface area contributed by atoms with E-state index in [1.807, 2.05) is 18.4 Å². The fourth-order valence-electron chi connectivity index (χ4n) is 2.88. The summed E-state index contributed by atoms with van der Waals surface area (Å²) in [5.41, 5.74) is 1.39. The number of rotatable bonds is 4. The number of imidazole rings is 1. The molecule has 2 aromatic heterocycles. The molecule has 0 aliphatic rings. The predicted octanol–water partition coefficient (Wildman–Crippen LogP) is 1.98. The fraction of sp³-hybridized carbons (Fsp3) is 0.211. The van der Waals surface area contributed by atoms with Crippen molar-refractivity contribution in [2.75, 3.05) is 0 Å². The topological polar surface area (TPSA) is 83.5 Å². The number of aromatic amines is 2. The molecule has 27 heavy (non-hydrogen) atoms. The van der Waals surface area contributed by atoms with Crippen LogP contribution in [0.1, 0.15) is 36.7 Å². The summed E-state index contributed by atoms with van der Waals surface area (Å²) in [6.45, 7) is 7.96. The summed E-state index contributed by atoms with van der Waals surface area (Å²) >= 11 is 12.6. The number of hydrogen-bond donors (Lipinski definition) is 2. The van der Waals surface area contributed by atoms with Gasteiger partial charge in [-0.15, -0.1) is 0 Å². The molecule has 0 aliphatic heterocycles. The normalized spacial score (nSPS) is 12.1. The van der Waals surface area contributed by atoms with Crippen molar-refractivity contribution >= 4 is 35.9 Å². The second kappa shape index (κ2) is 7.58. The van der Waals surface area contributed by atoms with Gasteiger partial charge in [0.2, 0.25) is 0 Å². The first-order valence-electron chi connectivity index (χ1n) is 8.29. The van der Waals surface area contributed by atoms with Crippen molar-refractivity contribution < 1.29 is 0 Å². The quantitative estimate of drug-likeness (QED) is 0.697. The Bertz CT molecular complexity index is 1200. The largest absolute Gasteiger partial charge is 0.329 e. The Hall–Kier alpha value is -2.57. The zero-order valence-corrected chi connectivity index (χ0v) is 16.4. The van der Waals surface area contributed by atoms with Crippen molar-refractivity contribution in [1.29, 1.82) is 0 Å². The van der Waals surface area contributed by atoms with E-state index in [9.17, 15) is 9.59 Å². The molecule has 0 atom stereocenters. The molecule has 0 bridgehead atoms. The molecule has 0 saturated heterocycles. The van der Waals surface area contributed by atoms with E-state index in [1.54, 1.807) is 30.6 Å². The highest BCUT2D eigenvalue weighted by Crippen LogP contribution is 2.27. The molecule has 0 unspecified atom stereocenters. The van der Waals surface area contributed by atoms with Crippen LogP contribution in [0.5, 0.6) is 0 Å². The Labute approximate surface area is 164 Å². The smallest absolute Gasteiger partial charge is 0.272 e. The minimum atomic E-state index is -0.450. The minimum Gasteiger partial charge on any atom is -0.329 e. The third kappa shape index (κ3) is 3.91. The van der Waals surface area contributed by atoms with Crippen molar-refractivity contribution in [3.8, 4) is 0 Å². The monoisotopic (exact) mass is 404 g/mol. The number of H-pyrrole nitrogens is 2. The van der Waals surface area contributed by atoms with Gasteiger partial charge in [-0.25, -0.2) is 4.98 Å². The average Bonchev–Trinajstić information content (AvgIpc) is 2.99. The molecule has 0 saturated carbocycles. The molecule has 6 nitrogen and oxygen atoms in total. The van der Waals surface area contributed by atoms with Crippen molar-refractivity contribution in [3.05, 3.63) is 82.9 Å². The summed E-state index contributed by atoms with van der Waals surface area (Å²) in [7, 11) is 0. The first kappa shape index (κ1) is 19.2. The third-order valence-electron chi connectivity index (χ3n) is 4.16.